The largest absolute Gasteiger partial charge is 0.493 e. The van der Waals surface area contributed by atoms with Crippen molar-refractivity contribution in [2.24, 2.45) is 0 Å². The molecule has 4 rings (SSSR count). The van der Waals surface area contributed by atoms with Crippen molar-refractivity contribution in [3.05, 3.63) is 35.4 Å². The molecule has 188 valence electrons. The van der Waals surface area contributed by atoms with Crippen molar-refractivity contribution in [1.29, 1.82) is 0 Å². The monoisotopic (exact) mass is 470 g/mol. The summed E-state index contributed by atoms with van der Waals surface area (Å²) in [5.41, 5.74) is 2.57. The number of hydrogen-bond donors (Lipinski definition) is 0. The Morgan fingerprint density at radius 1 is 0.676 bits per heavy atom. The van der Waals surface area contributed by atoms with E-state index in [1.54, 1.807) is 0 Å². The highest BCUT2D eigenvalue weighted by Gasteiger charge is 2.26. The molecular formula is C28H42N2O4. The molecule has 2 aliphatic rings. The molecule has 0 N–H and O–H groups in total. The fourth-order valence-corrected chi connectivity index (χ4v) is 4.75. The van der Waals surface area contributed by atoms with Crippen molar-refractivity contribution >= 4 is 10.8 Å². The second kappa shape index (κ2) is 13.3. The molecule has 2 heterocycles. The molecule has 0 bridgehead atoms. The summed E-state index contributed by atoms with van der Waals surface area (Å²) in [7, 11) is 0. The Labute approximate surface area is 205 Å². The average Bonchev–Trinajstić information content (AvgIpc) is 2.88. The van der Waals surface area contributed by atoms with Crippen LogP contribution in [0.25, 0.3) is 10.8 Å². The van der Waals surface area contributed by atoms with Gasteiger partial charge in [0.05, 0.1) is 39.6 Å². The van der Waals surface area contributed by atoms with Gasteiger partial charge in [-0.25, -0.2) is 0 Å². The zero-order valence-electron chi connectivity index (χ0n) is 21.2. The van der Waals surface area contributed by atoms with Gasteiger partial charge in [0.15, 0.2) is 0 Å². The number of nitrogens with zero attached hydrogens (tertiary/aromatic N) is 2. The van der Waals surface area contributed by atoms with Gasteiger partial charge in [0, 0.05) is 61.2 Å². The van der Waals surface area contributed by atoms with E-state index in [4.69, 9.17) is 18.9 Å². The summed E-state index contributed by atoms with van der Waals surface area (Å²) in [4.78, 5) is 5.00. The van der Waals surface area contributed by atoms with E-state index < -0.39 is 0 Å². The number of benzene rings is 2. The second-order valence-electron chi connectivity index (χ2n) is 9.34. The van der Waals surface area contributed by atoms with Gasteiger partial charge >= 0.3 is 0 Å². The van der Waals surface area contributed by atoms with Crippen LogP contribution in [0.2, 0.25) is 0 Å². The number of ether oxygens (including phenoxy) is 4. The topological polar surface area (TPSA) is 43.4 Å². The van der Waals surface area contributed by atoms with Crippen LogP contribution in [0.5, 0.6) is 11.5 Å². The van der Waals surface area contributed by atoms with E-state index in [2.05, 4.69) is 47.9 Å². The molecule has 0 unspecified atom stereocenters. The first-order chi connectivity index (χ1) is 16.8. The SMILES string of the molecule is CCCCOc1c(CN2CCOCC2)c(CN2CCOCC2)c(OCCCC)c2ccccc12. The van der Waals surface area contributed by atoms with Crippen molar-refractivity contribution in [3.63, 3.8) is 0 Å². The van der Waals surface area contributed by atoms with Crippen molar-refractivity contribution in [3.8, 4) is 11.5 Å². The van der Waals surface area contributed by atoms with Crippen molar-refractivity contribution in [2.45, 2.75) is 52.6 Å². The fraction of sp³-hybridized carbons (Fsp3) is 0.643. The van der Waals surface area contributed by atoms with E-state index in [0.29, 0.717) is 0 Å². The number of morpholine rings is 2. The first-order valence-corrected chi connectivity index (χ1v) is 13.2. The quantitative estimate of drug-likeness (QED) is 0.413. The first kappa shape index (κ1) is 25.2. The molecule has 0 aliphatic carbocycles. The van der Waals surface area contributed by atoms with Crippen LogP contribution in [-0.2, 0) is 22.6 Å². The third-order valence-electron chi connectivity index (χ3n) is 6.79. The molecule has 34 heavy (non-hydrogen) atoms. The van der Waals surface area contributed by atoms with Gasteiger partial charge < -0.3 is 18.9 Å². The van der Waals surface area contributed by atoms with Gasteiger partial charge in [0.1, 0.15) is 11.5 Å². The van der Waals surface area contributed by atoms with Crippen LogP contribution in [0.3, 0.4) is 0 Å². The standard InChI is InChI=1S/C28H42N2O4/c1-3-5-15-33-27-23-9-7-8-10-24(23)28(34-16-6-4-2)26(22-30-13-19-32-20-14-30)25(27)21-29-11-17-31-18-12-29/h7-10H,3-6,11-22H2,1-2H3. The fourth-order valence-electron chi connectivity index (χ4n) is 4.75. The van der Waals surface area contributed by atoms with Crippen LogP contribution in [0.4, 0.5) is 0 Å². The maximum Gasteiger partial charge on any atom is 0.132 e. The van der Waals surface area contributed by atoms with Crippen molar-refractivity contribution in [1.82, 2.24) is 9.80 Å². The number of hydrogen-bond acceptors (Lipinski definition) is 6. The Bertz CT molecular complexity index is 819. The van der Waals surface area contributed by atoms with Crippen molar-refractivity contribution in [2.75, 3.05) is 65.8 Å². The summed E-state index contributed by atoms with van der Waals surface area (Å²) < 4.78 is 24.4. The minimum absolute atomic E-state index is 0.740. The normalized spacial score (nSPS) is 17.8. The van der Waals surface area contributed by atoms with E-state index in [0.717, 1.165) is 116 Å². The zero-order chi connectivity index (χ0) is 23.6. The summed E-state index contributed by atoms with van der Waals surface area (Å²) in [5.74, 6) is 2.09. The lowest BCUT2D eigenvalue weighted by Crippen LogP contribution is -2.38. The number of rotatable bonds is 12. The molecule has 2 fully saturated rings. The van der Waals surface area contributed by atoms with E-state index in [9.17, 15) is 0 Å². The Balaban J connectivity index is 1.82. The van der Waals surface area contributed by atoms with E-state index in [1.165, 1.54) is 21.9 Å². The predicted molar refractivity (Wildman–Crippen MR) is 137 cm³/mol. The molecule has 0 amide bonds. The van der Waals surface area contributed by atoms with E-state index >= 15 is 0 Å². The number of fused-ring (bicyclic) bond motifs is 1. The molecular weight excluding hydrogens is 428 g/mol. The highest BCUT2D eigenvalue weighted by Crippen LogP contribution is 2.42. The van der Waals surface area contributed by atoms with Crippen LogP contribution in [0.15, 0.2) is 24.3 Å². The molecule has 0 radical (unpaired) electrons. The van der Waals surface area contributed by atoms with E-state index in [1.807, 2.05) is 0 Å². The first-order valence-electron chi connectivity index (χ1n) is 13.2. The van der Waals surface area contributed by atoms with Gasteiger partial charge in [0.2, 0.25) is 0 Å². The average molecular weight is 471 g/mol. The lowest BCUT2D eigenvalue weighted by molar-refractivity contribution is 0.0303. The third-order valence-corrected chi connectivity index (χ3v) is 6.79. The molecule has 2 aromatic rings. The lowest BCUT2D eigenvalue weighted by atomic mass is 9.96. The molecule has 6 nitrogen and oxygen atoms in total. The molecule has 6 heteroatoms. The highest BCUT2D eigenvalue weighted by molar-refractivity contribution is 5.96. The van der Waals surface area contributed by atoms with Crippen molar-refractivity contribution < 1.29 is 18.9 Å². The summed E-state index contributed by atoms with van der Waals surface area (Å²) in [6.45, 7) is 14.6. The minimum atomic E-state index is 0.740. The predicted octanol–water partition coefficient (Wildman–Crippen LogP) is 4.86. The minimum Gasteiger partial charge on any atom is -0.493 e. The second-order valence-corrected chi connectivity index (χ2v) is 9.34. The zero-order valence-corrected chi connectivity index (χ0v) is 21.2. The molecule has 0 saturated carbocycles. The number of unbranched alkanes of at least 4 members (excludes halogenated alkanes) is 2. The van der Waals surface area contributed by atoms with Gasteiger partial charge in [-0.3, -0.25) is 9.80 Å². The maximum absolute atomic E-state index is 6.59. The van der Waals surface area contributed by atoms with Crippen LogP contribution in [0, 0.1) is 0 Å². The Morgan fingerprint density at radius 2 is 1.09 bits per heavy atom. The van der Waals surface area contributed by atoms with Crippen LogP contribution in [-0.4, -0.2) is 75.6 Å². The summed E-state index contributed by atoms with van der Waals surface area (Å²) in [6, 6.07) is 8.63. The summed E-state index contributed by atoms with van der Waals surface area (Å²) >= 11 is 0. The van der Waals surface area contributed by atoms with Gasteiger partial charge in [-0.2, -0.15) is 0 Å². The Hall–Kier alpha value is -1.86. The van der Waals surface area contributed by atoms with Gasteiger partial charge in [-0.15, -0.1) is 0 Å². The molecule has 0 atom stereocenters. The summed E-state index contributed by atoms with van der Waals surface area (Å²) in [5, 5.41) is 2.33. The lowest BCUT2D eigenvalue weighted by Gasteiger charge is -2.32. The van der Waals surface area contributed by atoms with Crippen LogP contribution < -0.4 is 9.47 Å². The molecule has 0 aromatic heterocycles. The maximum atomic E-state index is 6.59. The third kappa shape index (κ3) is 6.42. The summed E-state index contributed by atoms with van der Waals surface area (Å²) in [6.07, 6.45) is 4.35. The smallest absolute Gasteiger partial charge is 0.132 e. The Kier molecular flexibility index (Phi) is 9.86. The Morgan fingerprint density at radius 3 is 1.47 bits per heavy atom. The molecule has 0 spiro atoms. The van der Waals surface area contributed by atoms with Gasteiger partial charge in [-0.05, 0) is 12.8 Å². The van der Waals surface area contributed by atoms with E-state index in [-0.39, 0.29) is 0 Å². The van der Waals surface area contributed by atoms with Crippen LogP contribution in [0.1, 0.15) is 50.7 Å². The molecule has 2 aromatic carbocycles. The van der Waals surface area contributed by atoms with Gasteiger partial charge in [0.25, 0.3) is 0 Å². The van der Waals surface area contributed by atoms with Gasteiger partial charge in [-0.1, -0.05) is 51.0 Å². The highest BCUT2D eigenvalue weighted by atomic mass is 16.5. The molecule has 2 saturated heterocycles. The van der Waals surface area contributed by atoms with Crippen LogP contribution >= 0.6 is 0 Å². The molecule has 2 aliphatic heterocycles.